The van der Waals surface area contributed by atoms with Crippen molar-refractivity contribution in [2.45, 2.75) is 0 Å². The molecule has 0 saturated heterocycles. The zero-order chi connectivity index (χ0) is 14.7. The van der Waals surface area contributed by atoms with Gasteiger partial charge in [-0.2, -0.15) is 0 Å². The Hall–Kier alpha value is -2.88. The average molecular weight is 277 g/mol. The molecule has 0 radical (unpaired) electrons. The van der Waals surface area contributed by atoms with Gasteiger partial charge in [0.25, 0.3) is 0 Å². The van der Waals surface area contributed by atoms with Crippen molar-refractivity contribution in [2.75, 3.05) is 11.4 Å². The van der Waals surface area contributed by atoms with Gasteiger partial charge < -0.3 is 10.6 Å². The van der Waals surface area contributed by atoms with Crippen LogP contribution >= 0.6 is 0 Å². The van der Waals surface area contributed by atoms with Gasteiger partial charge >= 0.3 is 0 Å². The molecule has 0 bridgehead atoms. The van der Waals surface area contributed by atoms with Crippen LogP contribution in [-0.2, 0) is 4.79 Å². The van der Waals surface area contributed by atoms with Crippen LogP contribution < -0.4 is 10.6 Å². The number of aliphatic imine (C=N–C) groups is 1. The number of amides is 1. The fourth-order valence-corrected chi connectivity index (χ4v) is 2.40. The molecule has 0 atom stereocenters. The molecule has 3 rings (SSSR count). The van der Waals surface area contributed by atoms with Crippen molar-refractivity contribution in [3.8, 4) is 0 Å². The lowest BCUT2D eigenvalue weighted by atomic mass is 10.1. The van der Waals surface area contributed by atoms with Crippen LogP contribution in [0, 0.1) is 0 Å². The lowest BCUT2D eigenvalue weighted by Gasteiger charge is -2.26. The second kappa shape index (κ2) is 5.63. The van der Waals surface area contributed by atoms with Gasteiger partial charge in [0, 0.05) is 11.8 Å². The van der Waals surface area contributed by atoms with Crippen LogP contribution in [0.15, 0.2) is 65.8 Å². The fraction of sp³-hybridized carbons (Fsp3) is 0.0588. The molecule has 0 saturated carbocycles. The summed E-state index contributed by atoms with van der Waals surface area (Å²) in [6, 6.07) is 17.7. The van der Waals surface area contributed by atoms with Crippen LogP contribution in [0.4, 0.5) is 5.69 Å². The maximum atomic E-state index is 11.5. The predicted molar refractivity (Wildman–Crippen MR) is 85.0 cm³/mol. The van der Waals surface area contributed by atoms with Crippen molar-refractivity contribution < 1.29 is 4.79 Å². The molecule has 0 fully saturated rings. The molecule has 2 aromatic carbocycles. The first-order valence-corrected chi connectivity index (χ1v) is 6.69. The minimum Gasteiger partial charge on any atom is -0.368 e. The molecule has 1 heterocycles. The van der Waals surface area contributed by atoms with Gasteiger partial charge in [-0.25, -0.2) is 0 Å². The first-order chi connectivity index (χ1) is 10.3. The Morgan fingerprint density at radius 3 is 2.52 bits per heavy atom. The molecule has 0 spiro atoms. The lowest BCUT2D eigenvalue weighted by molar-refractivity contribution is -0.116. The summed E-state index contributed by atoms with van der Waals surface area (Å²) in [5.41, 5.74) is 9.16. The summed E-state index contributed by atoms with van der Waals surface area (Å²) in [7, 11) is 0. The monoisotopic (exact) mass is 277 g/mol. The van der Waals surface area contributed by atoms with Gasteiger partial charge in [-0.15, -0.1) is 0 Å². The summed E-state index contributed by atoms with van der Waals surface area (Å²) in [6.07, 6.45) is 3.55. The lowest BCUT2D eigenvalue weighted by Crippen LogP contribution is -2.33. The molecule has 21 heavy (non-hydrogen) atoms. The van der Waals surface area contributed by atoms with E-state index in [2.05, 4.69) is 4.99 Å². The molecular formula is C17H15N3O. The number of anilines is 1. The zero-order valence-corrected chi connectivity index (χ0v) is 11.4. The molecule has 4 nitrogen and oxygen atoms in total. The quantitative estimate of drug-likeness (QED) is 0.936. The number of hydrogen-bond donors (Lipinski definition) is 1. The van der Waals surface area contributed by atoms with Crippen molar-refractivity contribution in [3.63, 3.8) is 0 Å². The first kappa shape index (κ1) is 13.1. The molecule has 0 aromatic heterocycles. The first-order valence-electron chi connectivity index (χ1n) is 6.69. The zero-order valence-electron chi connectivity index (χ0n) is 11.4. The van der Waals surface area contributed by atoms with E-state index >= 15 is 0 Å². The Labute approximate surface area is 123 Å². The number of rotatable bonds is 3. The van der Waals surface area contributed by atoms with Crippen LogP contribution in [-0.4, -0.2) is 18.7 Å². The Kier molecular flexibility index (Phi) is 3.51. The van der Waals surface area contributed by atoms with Crippen molar-refractivity contribution in [1.29, 1.82) is 0 Å². The van der Waals surface area contributed by atoms with Gasteiger partial charge in [0.05, 0.1) is 17.6 Å². The summed E-state index contributed by atoms with van der Waals surface area (Å²) >= 11 is 0. The third-order valence-corrected chi connectivity index (χ3v) is 3.31. The highest BCUT2D eigenvalue weighted by atomic mass is 16.1. The number of fused-ring (bicyclic) bond motifs is 1. The maximum absolute atomic E-state index is 11.5. The molecule has 1 aliphatic heterocycles. The standard InChI is InChI=1S/C17H15N3O/c18-17(21)12-20-15-9-5-4-8-14(15)10-19-11-16(20)13-6-2-1-3-7-13/h1-11H,12H2,(H2,18,21). The van der Waals surface area contributed by atoms with Gasteiger partial charge in [-0.1, -0.05) is 48.5 Å². The van der Waals surface area contributed by atoms with Gasteiger partial charge in [-0.05, 0) is 11.6 Å². The van der Waals surface area contributed by atoms with E-state index in [0.29, 0.717) is 0 Å². The summed E-state index contributed by atoms with van der Waals surface area (Å²) in [6.45, 7) is 0.112. The SMILES string of the molecule is NC(=O)CN1C(c2ccccc2)=CN=Cc2ccccc21. The second-order valence-corrected chi connectivity index (χ2v) is 4.77. The predicted octanol–water partition coefficient (Wildman–Crippen LogP) is 2.41. The number of primary amides is 1. The minimum atomic E-state index is -0.381. The summed E-state index contributed by atoms with van der Waals surface area (Å²) in [5.74, 6) is -0.381. The molecular weight excluding hydrogens is 262 g/mol. The molecule has 104 valence electrons. The number of para-hydroxylation sites is 1. The van der Waals surface area contributed by atoms with Crippen molar-refractivity contribution >= 4 is 23.5 Å². The highest BCUT2D eigenvalue weighted by Crippen LogP contribution is 2.30. The molecule has 1 aliphatic rings. The van der Waals surface area contributed by atoms with Crippen molar-refractivity contribution in [2.24, 2.45) is 10.7 Å². The highest BCUT2D eigenvalue weighted by molar-refractivity contribution is 5.97. The average Bonchev–Trinajstić information content (AvgIpc) is 2.68. The Morgan fingerprint density at radius 2 is 1.76 bits per heavy atom. The van der Waals surface area contributed by atoms with E-state index in [1.165, 1.54) is 0 Å². The van der Waals surface area contributed by atoms with Crippen LogP contribution in [0.3, 0.4) is 0 Å². The molecule has 0 unspecified atom stereocenters. The van der Waals surface area contributed by atoms with E-state index in [1.54, 1.807) is 12.4 Å². The van der Waals surface area contributed by atoms with Gasteiger partial charge in [0.1, 0.15) is 6.54 Å². The minimum absolute atomic E-state index is 0.112. The Balaban J connectivity index is 2.13. The fourth-order valence-electron chi connectivity index (χ4n) is 2.40. The van der Waals surface area contributed by atoms with E-state index in [1.807, 2.05) is 59.5 Å². The smallest absolute Gasteiger partial charge is 0.237 e. The van der Waals surface area contributed by atoms with Crippen LogP contribution in [0.5, 0.6) is 0 Å². The van der Waals surface area contributed by atoms with E-state index < -0.39 is 0 Å². The largest absolute Gasteiger partial charge is 0.368 e. The third kappa shape index (κ3) is 2.69. The van der Waals surface area contributed by atoms with Crippen molar-refractivity contribution in [1.82, 2.24) is 0 Å². The number of carbonyl (C=O) groups is 1. The van der Waals surface area contributed by atoms with Gasteiger partial charge in [0.15, 0.2) is 0 Å². The number of hydrogen-bond acceptors (Lipinski definition) is 3. The summed E-state index contributed by atoms with van der Waals surface area (Å²) in [5, 5.41) is 0. The summed E-state index contributed by atoms with van der Waals surface area (Å²) in [4.78, 5) is 17.7. The summed E-state index contributed by atoms with van der Waals surface area (Å²) < 4.78 is 0. The van der Waals surface area contributed by atoms with E-state index in [4.69, 9.17) is 5.73 Å². The van der Waals surface area contributed by atoms with Crippen molar-refractivity contribution in [3.05, 3.63) is 71.9 Å². The van der Waals surface area contributed by atoms with E-state index in [9.17, 15) is 4.79 Å². The maximum Gasteiger partial charge on any atom is 0.237 e. The molecule has 2 aromatic rings. The van der Waals surface area contributed by atoms with Crippen LogP contribution in [0.2, 0.25) is 0 Å². The number of carbonyl (C=O) groups excluding carboxylic acids is 1. The second-order valence-electron chi connectivity index (χ2n) is 4.77. The van der Waals surface area contributed by atoms with Crippen LogP contribution in [0.1, 0.15) is 11.1 Å². The van der Waals surface area contributed by atoms with E-state index in [0.717, 1.165) is 22.5 Å². The van der Waals surface area contributed by atoms with Gasteiger partial charge in [-0.3, -0.25) is 9.79 Å². The molecule has 1 amide bonds. The van der Waals surface area contributed by atoms with E-state index in [-0.39, 0.29) is 12.5 Å². The number of nitrogens with zero attached hydrogens (tertiary/aromatic N) is 2. The highest BCUT2D eigenvalue weighted by Gasteiger charge is 2.19. The van der Waals surface area contributed by atoms with Gasteiger partial charge in [0.2, 0.25) is 5.91 Å². The Morgan fingerprint density at radius 1 is 1.05 bits per heavy atom. The number of benzene rings is 2. The number of nitrogens with two attached hydrogens (primary N) is 1. The third-order valence-electron chi connectivity index (χ3n) is 3.31. The normalized spacial score (nSPS) is 13.3. The molecule has 4 heteroatoms. The molecule has 0 aliphatic carbocycles. The topological polar surface area (TPSA) is 58.7 Å². The van der Waals surface area contributed by atoms with Crippen LogP contribution in [0.25, 0.3) is 5.70 Å². The molecule has 2 N–H and O–H groups in total. The Bertz CT molecular complexity index is 720.